The second kappa shape index (κ2) is 7.38. The molecule has 7 heteroatoms. The zero-order valence-corrected chi connectivity index (χ0v) is 11.8. The minimum Gasteiger partial charge on any atom is -0.313 e. The van der Waals surface area contributed by atoms with Crippen LogP contribution in [0.4, 0.5) is 0 Å². The van der Waals surface area contributed by atoms with Crippen LogP contribution in [0.3, 0.4) is 0 Å². The number of H-pyrrole nitrogens is 1. The van der Waals surface area contributed by atoms with Crippen LogP contribution in [-0.4, -0.2) is 33.1 Å². The van der Waals surface area contributed by atoms with Crippen molar-refractivity contribution in [3.05, 3.63) is 20.7 Å². The summed E-state index contributed by atoms with van der Waals surface area (Å²) in [6.07, 6.45) is 2.19. The van der Waals surface area contributed by atoms with E-state index in [9.17, 15) is 9.59 Å². The van der Waals surface area contributed by atoms with Crippen molar-refractivity contribution in [3.8, 4) is 0 Å². The van der Waals surface area contributed by atoms with E-state index >= 15 is 0 Å². The van der Waals surface area contributed by atoms with Gasteiger partial charge in [0.2, 0.25) is 0 Å². The van der Waals surface area contributed by atoms with Crippen molar-refractivity contribution >= 4 is 11.8 Å². The lowest BCUT2D eigenvalue weighted by Gasteiger charge is -2.16. The molecule has 0 saturated carbocycles. The van der Waals surface area contributed by atoms with Gasteiger partial charge in [-0.3, -0.25) is 19.4 Å². The highest BCUT2D eigenvalue weighted by Gasteiger charge is 2.10. The van der Waals surface area contributed by atoms with Crippen LogP contribution in [0.15, 0.2) is 14.7 Å². The van der Waals surface area contributed by atoms with Gasteiger partial charge < -0.3 is 5.32 Å². The zero-order valence-electron chi connectivity index (χ0n) is 11.0. The number of rotatable bonds is 7. The van der Waals surface area contributed by atoms with Gasteiger partial charge in [0.1, 0.15) is 0 Å². The third kappa shape index (κ3) is 4.30. The van der Waals surface area contributed by atoms with Crippen molar-refractivity contribution < 1.29 is 0 Å². The quantitative estimate of drug-likeness (QED) is 0.552. The second-order valence-corrected chi connectivity index (χ2v) is 5.04. The molecule has 0 amide bonds. The molecule has 0 aliphatic carbocycles. The van der Waals surface area contributed by atoms with Gasteiger partial charge in [-0.1, -0.05) is 32.0 Å². The highest BCUT2D eigenvalue weighted by atomic mass is 32.2. The molecule has 0 aliphatic heterocycles. The first-order chi connectivity index (χ1) is 8.58. The van der Waals surface area contributed by atoms with Crippen molar-refractivity contribution in [3.63, 3.8) is 0 Å². The van der Waals surface area contributed by atoms with Gasteiger partial charge in [0.25, 0.3) is 0 Å². The van der Waals surface area contributed by atoms with E-state index in [1.54, 1.807) is 7.05 Å². The minimum atomic E-state index is -0.730. The SMILES string of the molecule is CCCC(CSc1nc(=O)c(=O)[nH]n1C)NCC. The number of aromatic nitrogens is 3. The Hall–Kier alpha value is -1.08. The number of aryl methyl sites for hydroxylation is 1. The van der Waals surface area contributed by atoms with Gasteiger partial charge >= 0.3 is 11.1 Å². The Kier molecular flexibility index (Phi) is 6.14. The largest absolute Gasteiger partial charge is 0.339 e. The number of nitrogens with one attached hydrogen (secondary N) is 2. The molecule has 1 heterocycles. The summed E-state index contributed by atoms with van der Waals surface area (Å²) in [5.74, 6) is 0.827. The van der Waals surface area contributed by atoms with Crippen molar-refractivity contribution in [2.45, 2.75) is 37.9 Å². The van der Waals surface area contributed by atoms with E-state index in [2.05, 4.69) is 29.2 Å². The molecule has 1 unspecified atom stereocenters. The molecule has 18 heavy (non-hydrogen) atoms. The molecule has 0 saturated heterocycles. The predicted molar refractivity (Wildman–Crippen MR) is 73.2 cm³/mol. The van der Waals surface area contributed by atoms with Gasteiger partial charge in [0.15, 0.2) is 5.16 Å². The van der Waals surface area contributed by atoms with Crippen LogP contribution in [0.1, 0.15) is 26.7 Å². The van der Waals surface area contributed by atoms with Crippen molar-refractivity contribution in [1.82, 2.24) is 20.1 Å². The normalized spacial score (nSPS) is 12.6. The average molecular weight is 272 g/mol. The Morgan fingerprint density at radius 1 is 1.44 bits per heavy atom. The smallest absolute Gasteiger partial charge is 0.313 e. The fraction of sp³-hybridized carbons (Fsp3) is 0.727. The fourth-order valence-corrected chi connectivity index (χ4v) is 2.67. The van der Waals surface area contributed by atoms with E-state index in [0.29, 0.717) is 11.2 Å². The standard InChI is InChI=1S/C11H20N4O2S/c1-4-6-8(12-5-2)7-18-11-13-9(16)10(17)14-15(11)3/h8,12H,4-7H2,1-3H3,(H,14,17). The molecule has 1 aromatic heterocycles. The fourth-order valence-electron chi connectivity index (χ4n) is 1.65. The van der Waals surface area contributed by atoms with E-state index < -0.39 is 11.1 Å². The monoisotopic (exact) mass is 272 g/mol. The van der Waals surface area contributed by atoms with Gasteiger partial charge in [-0.05, 0) is 13.0 Å². The van der Waals surface area contributed by atoms with Gasteiger partial charge in [-0.15, -0.1) is 0 Å². The number of hydrogen-bond acceptors (Lipinski definition) is 5. The molecule has 6 nitrogen and oxygen atoms in total. The molecule has 1 aromatic rings. The first kappa shape index (κ1) is 15.0. The molecule has 0 bridgehead atoms. The Morgan fingerprint density at radius 2 is 2.17 bits per heavy atom. The highest BCUT2D eigenvalue weighted by Crippen LogP contribution is 2.14. The Bertz CT molecular complexity index is 477. The maximum Gasteiger partial charge on any atom is 0.339 e. The van der Waals surface area contributed by atoms with Crippen LogP contribution in [-0.2, 0) is 7.05 Å². The Morgan fingerprint density at radius 3 is 2.78 bits per heavy atom. The predicted octanol–water partition coefficient (Wildman–Crippen LogP) is 0.339. The lowest BCUT2D eigenvalue weighted by atomic mass is 10.2. The molecule has 0 fully saturated rings. The zero-order chi connectivity index (χ0) is 13.5. The number of hydrogen-bond donors (Lipinski definition) is 2. The number of nitrogens with zero attached hydrogens (tertiary/aromatic N) is 2. The molecule has 1 rings (SSSR count). The Balaban J connectivity index is 2.69. The van der Waals surface area contributed by atoms with E-state index in [4.69, 9.17) is 0 Å². The van der Waals surface area contributed by atoms with Crippen LogP contribution in [0.5, 0.6) is 0 Å². The van der Waals surface area contributed by atoms with E-state index in [1.807, 2.05) is 0 Å². The molecule has 0 aliphatic rings. The maximum absolute atomic E-state index is 11.2. The molecule has 0 spiro atoms. The van der Waals surface area contributed by atoms with E-state index in [1.165, 1.54) is 16.4 Å². The third-order valence-electron chi connectivity index (χ3n) is 2.49. The number of thioether (sulfide) groups is 1. The highest BCUT2D eigenvalue weighted by molar-refractivity contribution is 7.99. The summed E-state index contributed by atoms with van der Waals surface area (Å²) in [6, 6.07) is 0.397. The topological polar surface area (TPSA) is 79.8 Å². The molecule has 0 radical (unpaired) electrons. The molecule has 1 atom stereocenters. The summed E-state index contributed by atoms with van der Waals surface area (Å²) < 4.78 is 1.49. The lowest BCUT2D eigenvalue weighted by molar-refractivity contribution is 0.528. The summed E-state index contributed by atoms with van der Waals surface area (Å²) >= 11 is 1.48. The first-order valence-electron chi connectivity index (χ1n) is 6.12. The van der Waals surface area contributed by atoms with Crippen molar-refractivity contribution in [2.75, 3.05) is 12.3 Å². The summed E-state index contributed by atoms with van der Waals surface area (Å²) in [5.41, 5.74) is -1.41. The molecule has 102 valence electrons. The van der Waals surface area contributed by atoms with Crippen molar-refractivity contribution in [1.29, 1.82) is 0 Å². The van der Waals surface area contributed by atoms with Crippen LogP contribution < -0.4 is 16.4 Å². The molecule has 2 N–H and O–H groups in total. The van der Waals surface area contributed by atoms with Crippen LogP contribution >= 0.6 is 11.8 Å². The first-order valence-corrected chi connectivity index (χ1v) is 7.10. The van der Waals surface area contributed by atoms with Crippen LogP contribution in [0, 0.1) is 0 Å². The Labute approximate surface area is 110 Å². The summed E-state index contributed by atoms with van der Waals surface area (Å²) in [6.45, 7) is 5.13. The average Bonchev–Trinajstić information content (AvgIpc) is 2.32. The second-order valence-electron chi connectivity index (χ2n) is 4.05. The number of aromatic amines is 1. The third-order valence-corrected chi connectivity index (χ3v) is 3.68. The molecular weight excluding hydrogens is 252 g/mol. The summed E-state index contributed by atoms with van der Waals surface area (Å²) in [7, 11) is 1.68. The molecular formula is C11H20N4O2S. The van der Waals surface area contributed by atoms with Crippen LogP contribution in [0.2, 0.25) is 0 Å². The lowest BCUT2D eigenvalue weighted by Crippen LogP contribution is -2.35. The van der Waals surface area contributed by atoms with Gasteiger partial charge in [-0.2, -0.15) is 4.98 Å². The van der Waals surface area contributed by atoms with Crippen molar-refractivity contribution in [2.24, 2.45) is 7.05 Å². The van der Waals surface area contributed by atoms with Gasteiger partial charge in [-0.25, -0.2) is 0 Å². The molecule has 0 aromatic carbocycles. The van der Waals surface area contributed by atoms with E-state index in [-0.39, 0.29) is 0 Å². The van der Waals surface area contributed by atoms with Crippen LogP contribution in [0.25, 0.3) is 0 Å². The van der Waals surface area contributed by atoms with E-state index in [0.717, 1.165) is 25.1 Å². The van der Waals surface area contributed by atoms with Gasteiger partial charge in [0.05, 0.1) is 0 Å². The summed E-state index contributed by atoms with van der Waals surface area (Å²) in [5, 5.41) is 6.37. The van der Waals surface area contributed by atoms with Gasteiger partial charge in [0, 0.05) is 18.8 Å². The summed E-state index contributed by atoms with van der Waals surface area (Å²) in [4.78, 5) is 26.0. The maximum atomic E-state index is 11.2. The minimum absolute atomic E-state index is 0.397.